The van der Waals surface area contributed by atoms with Crippen molar-refractivity contribution < 1.29 is 27.8 Å². The summed E-state index contributed by atoms with van der Waals surface area (Å²) < 4.78 is 46.3. The third-order valence-corrected chi connectivity index (χ3v) is 6.10. The van der Waals surface area contributed by atoms with Gasteiger partial charge in [0.05, 0.1) is 18.2 Å². The molecule has 3 aliphatic rings. The molecule has 0 aromatic carbocycles. The minimum Gasteiger partial charge on any atom is -0.375 e. The predicted octanol–water partition coefficient (Wildman–Crippen LogP) is 0.861. The van der Waals surface area contributed by atoms with Gasteiger partial charge in [-0.1, -0.05) is 0 Å². The average molecular weight is 447 g/mol. The van der Waals surface area contributed by atoms with Gasteiger partial charge in [0, 0.05) is 12.5 Å². The van der Waals surface area contributed by atoms with Crippen LogP contribution in [0.2, 0.25) is 0 Å². The molecule has 3 heterocycles. The zero-order chi connectivity index (χ0) is 22.2. The first-order valence-electron chi connectivity index (χ1n) is 10.6. The summed E-state index contributed by atoms with van der Waals surface area (Å²) in [5.41, 5.74) is 5.39. The first kappa shape index (κ1) is 22.1. The highest BCUT2D eigenvalue weighted by Gasteiger charge is 2.45. The van der Waals surface area contributed by atoms with Gasteiger partial charge in [0.2, 0.25) is 17.8 Å². The van der Waals surface area contributed by atoms with Gasteiger partial charge in [-0.2, -0.15) is 18.2 Å². The Morgan fingerprint density at radius 3 is 2.74 bits per heavy atom. The first-order valence-corrected chi connectivity index (χ1v) is 10.6. The van der Waals surface area contributed by atoms with Gasteiger partial charge in [0.25, 0.3) is 0 Å². The van der Waals surface area contributed by atoms with Gasteiger partial charge in [-0.3, -0.25) is 4.79 Å². The van der Waals surface area contributed by atoms with Gasteiger partial charge in [0.15, 0.2) is 6.23 Å². The second-order valence-corrected chi connectivity index (χ2v) is 8.48. The second kappa shape index (κ2) is 8.79. The maximum absolute atomic E-state index is 13.0. The van der Waals surface area contributed by atoms with E-state index in [0.717, 1.165) is 30.4 Å². The number of hydrogen-bond acceptors (Lipinski definition) is 8. The molecule has 13 heteroatoms. The number of carbonyl (C=O) groups excluding carboxylic acids is 1. The Morgan fingerprint density at radius 2 is 2.00 bits per heavy atom. The number of alkyl halides is 3. The minimum atomic E-state index is -4.48. The lowest BCUT2D eigenvalue weighted by molar-refractivity contribution is -0.154. The minimum absolute atomic E-state index is 0.00144. The quantitative estimate of drug-likeness (QED) is 0.448. The Morgan fingerprint density at radius 1 is 1.23 bits per heavy atom. The number of nitrogens with one attached hydrogen (secondary N) is 3. The van der Waals surface area contributed by atoms with Crippen molar-refractivity contribution in [2.45, 2.75) is 87.7 Å². The molecule has 2 fully saturated rings. The standard InChI is InChI=1S/C18H28F3N7O3/c19-18(20,21)13-8-14(29)28-17(25-13)26-16(27-28)24-9-2-1-3-10(6-9)31-11-4-5-23-12(7-11)15(22)30/h9-14,23,29H,1-8H2,(H2,22,30)(H2,24,25,26,27). The van der Waals surface area contributed by atoms with Crippen molar-refractivity contribution in [3.8, 4) is 0 Å². The summed E-state index contributed by atoms with van der Waals surface area (Å²) in [6.07, 6.45) is -1.76. The van der Waals surface area contributed by atoms with E-state index in [9.17, 15) is 23.1 Å². The molecule has 1 aromatic rings. The molecule has 2 aliphatic heterocycles. The number of halogens is 3. The highest BCUT2D eigenvalue weighted by Crippen LogP contribution is 2.34. The molecule has 6 N–H and O–H groups in total. The van der Waals surface area contributed by atoms with Crippen LogP contribution in [-0.4, -0.2) is 68.8 Å². The Bertz CT molecular complexity index is 790. The van der Waals surface area contributed by atoms with Gasteiger partial charge in [-0.15, -0.1) is 5.10 Å². The Hall–Kier alpha value is -2.12. The lowest BCUT2D eigenvalue weighted by Gasteiger charge is -2.35. The number of nitrogens with two attached hydrogens (primary N) is 1. The highest BCUT2D eigenvalue weighted by atomic mass is 19.4. The number of hydrogen-bond donors (Lipinski definition) is 5. The molecule has 10 nitrogen and oxygen atoms in total. The third-order valence-electron chi connectivity index (χ3n) is 6.10. The number of rotatable bonds is 5. The number of fused-ring (bicyclic) bond motifs is 1. The number of carbonyl (C=O) groups is 1. The molecular weight excluding hydrogens is 419 g/mol. The zero-order valence-corrected chi connectivity index (χ0v) is 16.9. The van der Waals surface area contributed by atoms with E-state index in [4.69, 9.17) is 10.5 Å². The molecule has 174 valence electrons. The first-order chi connectivity index (χ1) is 14.7. The smallest absolute Gasteiger partial charge is 0.375 e. The molecule has 6 unspecified atom stereocenters. The predicted molar refractivity (Wildman–Crippen MR) is 104 cm³/mol. The van der Waals surface area contributed by atoms with Crippen LogP contribution >= 0.6 is 0 Å². The highest BCUT2D eigenvalue weighted by molar-refractivity contribution is 5.80. The Balaban J connectivity index is 1.34. The van der Waals surface area contributed by atoms with Crippen molar-refractivity contribution in [1.29, 1.82) is 0 Å². The molecule has 6 atom stereocenters. The maximum Gasteiger partial charge on any atom is 0.408 e. The molecule has 0 bridgehead atoms. The fraction of sp³-hybridized carbons (Fsp3) is 0.833. The lowest BCUT2D eigenvalue weighted by atomic mass is 9.92. The number of ether oxygens (including phenoxy) is 1. The van der Waals surface area contributed by atoms with Crippen LogP contribution < -0.4 is 21.7 Å². The summed E-state index contributed by atoms with van der Waals surface area (Å²) in [6.45, 7) is 0.672. The number of primary amides is 1. The van der Waals surface area contributed by atoms with Crippen LogP contribution in [0.15, 0.2) is 0 Å². The van der Waals surface area contributed by atoms with Crippen molar-refractivity contribution in [3.63, 3.8) is 0 Å². The van der Waals surface area contributed by atoms with Crippen LogP contribution in [-0.2, 0) is 9.53 Å². The topological polar surface area (TPSA) is 139 Å². The number of aliphatic hydroxyl groups excluding tert-OH is 1. The van der Waals surface area contributed by atoms with Gasteiger partial charge in [-0.05, 0) is 45.1 Å². The van der Waals surface area contributed by atoms with E-state index in [0.29, 0.717) is 19.4 Å². The number of aliphatic hydroxyl groups is 1. The van der Waals surface area contributed by atoms with E-state index in [1.165, 1.54) is 0 Å². The number of piperidine rings is 1. The lowest BCUT2D eigenvalue weighted by Crippen LogP contribution is -2.49. The summed E-state index contributed by atoms with van der Waals surface area (Å²) in [6, 6.07) is -2.25. The van der Waals surface area contributed by atoms with Gasteiger partial charge < -0.3 is 31.5 Å². The van der Waals surface area contributed by atoms with Crippen molar-refractivity contribution >= 4 is 17.8 Å². The zero-order valence-electron chi connectivity index (χ0n) is 16.9. The number of aromatic nitrogens is 3. The molecule has 1 aromatic heterocycles. The normalized spacial score (nSPS) is 33.9. The summed E-state index contributed by atoms with van der Waals surface area (Å²) in [5.74, 6) is -0.320. The summed E-state index contributed by atoms with van der Waals surface area (Å²) in [4.78, 5) is 15.5. The van der Waals surface area contributed by atoms with E-state index in [1.807, 2.05) is 0 Å². The van der Waals surface area contributed by atoms with Gasteiger partial charge in [0.1, 0.15) is 6.04 Å². The van der Waals surface area contributed by atoms with Gasteiger partial charge >= 0.3 is 6.18 Å². The van der Waals surface area contributed by atoms with Crippen LogP contribution in [0.3, 0.4) is 0 Å². The van der Waals surface area contributed by atoms with Crippen LogP contribution in [0.4, 0.5) is 25.1 Å². The fourth-order valence-corrected chi connectivity index (χ4v) is 4.51. The van der Waals surface area contributed by atoms with Crippen molar-refractivity contribution in [2.75, 3.05) is 17.2 Å². The second-order valence-electron chi connectivity index (χ2n) is 8.48. The van der Waals surface area contributed by atoms with Crippen LogP contribution in [0.25, 0.3) is 0 Å². The van der Waals surface area contributed by atoms with Crippen LogP contribution in [0, 0.1) is 0 Å². The molecule has 1 saturated heterocycles. The number of nitrogens with zero attached hydrogens (tertiary/aromatic N) is 3. The summed E-state index contributed by atoms with van der Waals surface area (Å²) in [7, 11) is 0. The fourth-order valence-electron chi connectivity index (χ4n) is 4.51. The molecule has 0 spiro atoms. The SMILES string of the molecule is NC(=O)C1CC(OC2CCCC(Nc3nc4n(n3)C(O)CC(C(F)(F)F)N4)C2)CCN1. The average Bonchev–Trinajstić information content (AvgIpc) is 3.11. The number of anilines is 2. The van der Waals surface area contributed by atoms with E-state index in [-0.39, 0.29) is 42.1 Å². The molecule has 0 radical (unpaired) electrons. The van der Waals surface area contributed by atoms with E-state index in [2.05, 4.69) is 26.0 Å². The van der Waals surface area contributed by atoms with Crippen LogP contribution in [0.5, 0.6) is 0 Å². The van der Waals surface area contributed by atoms with Crippen LogP contribution in [0.1, 0.15) is 51.2 Å². The van der Waals surface area contributed by atoms with Crippen molar-refractivity contribution in [1.82, 2.24) is 20.1 Å². The van der Waals surface area contributed by atoms with Crippen molar-refractivity contribution in [2.24, 2.45) is 5.73 Å². The largest absolute Gasteiger partial charge is 0.408 e. The molecule has 1 aliphatic carbocycles. The molecule has 1 amide bonds. The van der Waals surface area contributed by atoms with Gasteiger partial charge in [-0.25, -0.2) is 4.68 Å². The molecule has 1 saturated carbocycles. The van der Waals surface area contributed by atoms with E-state index in [1.54, 1.807) is 0 Å². The Labute approximate surface area is 177 Å². The van der Waals surface area contributed by atoms with Crippen molar-refractivity contribution in [3.05, 3.63) is 0 Å². The number of amides is 1. The third kappa shape index (κ3) is 5.21. The molecule has 31 heavy (non-hydrogen) atoms. The molecule has 4 rings (SSSR count). The molecular formula is C18H28F3N7O3. The van der Waals surface area contributed by atoms with E-state index < -0.39 is 24.9 Å². The summed E-state index contributed by atoms with van der Waals surface area (Å²) in [5, 5.41) is 22.7. The van der Waals surface area contributed by atoms with E-state index >= 15 is 0 Å². The summed E-state index contributed by atoms with van der Waals surface area (Å²) >= 11 is 0. The Kier molecular flexibility index (Phi) is 6.26. The maximum atomic E-state index is 13.0. The monoisotopic (exact) mass is 447 g/mol.